The van der Waals surface area contributed by atoms with E-state index in [2.05, 4.69) is 0 Å². The van der Waals surface area contributed by atoms with E-state index < -0.39 is 34.9 Å². The molecule has 0 saturated carbocycles. The third-order valence-electron chi connectivity index (χ3n) is 5.90. The van der Waals surface area contributed by atoms with Crippen molar-refractivity contribution in [1.82, 2.24) is 4.57 Å². The molecule has 1 aliphatic rings. The van der Waals surface area contributed by atoms with E-state index in [1.165, 1.54) is 43.9 Å². The first kappa shape index (κ1) is 23.2. The number of ether oxygens (including phenoxy) is 1. The van der Waals surface area contributed by atoms with Crippen LogP contribution in [-0.2, 0) is 16.3 Å². The average molecular weight is 488 g/mol. The van der Waals surface area contributed by atoms with Gasteiger partial charge in [0.25, 0.3) is 5.67 Å². The second-order valence-corrected chi connectivity index (χ2v) is 8.22. The number of alkyl halides is 6. The van der Waals surface area contributed by atoms with Crippen molar-refractivity contribution in [2.45, 2.75) is 31.6 Å². The van der Waals surface area contributed by atoms with E-state index in [-0.39, 0.29) is 27.4 Å². The molecule has 174 valence electrons. The maximum Gasteiger partial charge on any atom is 0.433 e. The number of aryl methyl sites for hydroxylation is 1. The van der Waals surface area contributed by atoms with Crippen LogP contribution in [0.5, 0.6) is 0 Å². The van der Waals surface area contributed by atoms with Gasteiger partial charge < -0.3 is 9.30 Å². The van der Waals surface area contributed by atoms with Crippen molar-refractivity contribution in [3.8, 4) is 16.8 Å². The highest BCUT2D eigenvalue weighted by molar-refractivity contribution is 6.33. The van der Waals surface area contributed by atoms with Gasteiger partial charge >= 0.3 is 18.1 Å². The lowest BCUT2D eigenvalue weighted by Crippen LogP contribution is -2.59. The molecular weight excluding hydrogens is 472 g/mol. The van der Waals surface area contributed by atoms with E-state index in [1.807, 2.05) is 0 Å². The van der Waals surface area contributed by atoms with Crippen LogP contribution in [0, 0.1) is 13.8 Å². The van der Waals surface area contributed by atoms with E-state index in [4.69, 9.17) is 16.3 Å². The quantitative estimate of drug-likeness (QED) is 0.293. The van der Waals surface area contributed by atoms with E-state index in [0.717, 1.165) is 6.07 Å². The normalized spacial score (nSPS) is 19.1. The Labute approximate surface area is 189 Å². The zero-order valence-corrected chi connectivity index (χ0v) is 18.2. The molecule has 10 heteroatoms. The number of fused-ring (bicyclic) bond motifs is 1. The number of aromatic nitrogens is 1. The smallest absolute Gasteiger partial charge is 0.433 e. The molecule has 0 amide bonds. The van der Waals surface area contributed by atoms with Crippen molar-refractivity contribution in [2.24, 2.45) is 0 Å². The molecule has 0 N–H and O–H groups in total. The van der Waals surface area contributed by atoms with Crippen molar-refractivity contribution < 1.29 is 35.9 Å². The van der Waals surface area contributed by atoms with Crippen LogP contribution in [0.15, 0.2) is 42.7 Å². The predicted octanol–water partition coefficient (Wildman–Crippen LogP) is 7.03. The minimum absolute atomic E-state index is 0.129. The standard InChI is InChI=1S/C23H16ClF6NO2/c1-11-8-16-18(22(26,27)21(16,25)23(28,29)30)12(2)19(11)31-7-6-14(10-31)13-4-5-17(24)15(9-13)20(32)33-3/h4-10H,1-3H3. The van der Waals surface area contributed by atoms with Crippen LogP contribution in [-0.4, -0.2) is 23.8 Å². The summed E-state index contributed by atoms with van der Waals surface area (Å²) in [5.74, 6) is -5.36. The number of hydrogen-bond acceptors (Lipinski definition) is 2. The molecule has 1 aromatic heterocycles. The molecule has 3 aromatic rings. The van der Waals surface area contributed by atoms with Gasteiger partial charge in [0.15, 0.2) is 0 Å². The molecule has 1 atom stereocenters. The lowest BCUT2D eigenvalue weighted by atomic mass is 9.67. The van der Waals surface area contributed by atoms with Gasteiger partial charge in [0.05, 0.1) is 23.4 Å². The predicted molar refractivity (Wildman–Crippen MR) is 110 cm³/mol. The summed E-state index contributed by atoms with van der Waals surface area (Å²) in [6.07, 6.45) is -2.65. The molecule has 0 spiro atoms. The lowest BCUT2D eigenvalue weighted by Gasteiger charge is -2.46. The Hall–Kier alpha value is -2.94. The largest absolute Gasteiger partial charge is 0.465 e. The maximum absolute atomic E-state index is 14.5. The van der Waals surface area contributed by atoms with Crippen LogP contribution in [0.3, 0.4) is 0 Å². The minimum atomic E-state index is -5.75. The van der Waals surface area contributed by atoms with Crippen molar-refractivity contribution >= 4 is 17.6 Å². The van der Waals surface area contributed by atoms with Gasteiger partial charge in [0.1, 0.15) is 0 Å². The van der Waals surface area contributed by atoms with E-state index in [9.17, 15) is 31.1 Å². The molecule has 3 nitrogen and oxygen atoms in total. The molecule has 33 heavy (non-hydrogen) atoms. The Morgan fingerprint density at radius 2 is 1.73 bits per heavy atom. The van der Waals surface area contributed by atoms with Gasteiger partial charge in [0, 0.05) is 23.5 Å². The van der Waals surface area contributed by atoms with Crippen LogP contribution in [0.2, 0.25) is 5.02 Å². The molecule has 1 heterocycles. The topological polar surface area (TPSA) is 31.2 Å². The van der Waals surface area contributed by atoms with E-state index in [0.29, 0.717) is 11.1 Å². The first-order valence-corrected chi connectivity index (χ1v) is 9.98. The third kappa shape index (κ3) is 3.08. The number of nitrogens with zero attached hydrogens (tertiary/aromatic N) is 1. The number of carbonyl (C=O) groups excluding carboxylic acids is 1. The monoisotopic (exact) mass is 487 g/mol. The van der Waals surface area contributed by atoms with Crippen molar-refractivity contribution in [2.75, 3.05) is 7.11 Å². The van der Waals surface area contributed by atoms with Crippen LogP contribution in [0.1, 0.15) is 32.6 Å². The third-order valence-corrected chi connectivity index (χ3v) is 6.23. The number of halogens is 7. The molecule has 0 bridgehead atoms. The minimum Gasteiger partial charge on any atom is -0.465 e. The highest BCUT2D eigenvalue weighted by atomic mass is 35.5. The summed E-state index contributed by atoms with van der Waals surface area (Å²) >= 11 is 6.03. The van der Waals surface area contributed by atoms with Crippen LogP contribution >= 0.6 is 11.6 Å². The molecular formula is C23H16ClF6NO2. The zero-order chi connectivity index (χ0) is 24.5. The van der Waals surface area contributed by atoms with Gasteiger partial charge in [-0.25, -0.2) is 9.18 Å². The summed E-state index contributed by atoms with van der Waals surface area (Å²) in [6, 6.07) is 7.09. The molecule has 2 aromatic carbocycles. The van der Waals surface area contributed by atoms with Crippen molar-refractivity contribution in [1.29, 1.82) is 0 Å². The number of rotatable bonds is 3. The summed E-state index contributed by atoms with van der Waals surface area (Å²) in [5.41, 5.74) is -5.20. The van der Waals surface area contributed by atoms with E-state index >= 15 is 0 Å². The van der Waals surface area contributed by atoms with Crippen LogP contribution in [0.4, 0.5) is 26.3 Å². The first-order chi connectivity index (χ1) is 15.3. The van der Waals surface area contributed by atoms with Crippen molar-refractivity contribution in [3.05, 3.63) is 75.6 Å². The van der Waals surface area contributed by atoms with Gasteiger partial charge in [-0.1, -0.05) is 17.7 Å². The average Bonchev–Trinajstić information content (AvgIpc) is 3.21. The Balaban J connectivity index is 1.82. The number of hydrogen-bond donors (Lipinski definition) is 0. The van der Waals surface area contributed by atoms with Gasteiger partial charge in [-0.3, -0.25) is 0 Å². The van der Waals surface area contributed by atoms with Crippen LogP contribution in [0.25, 0.3) is 16.8 Å². The number of carbonyl (C=O) groups is 1. The highest BCUT2D eigenvalue weighted by Gasteiger charge is 2.80. The summed E-state index contributed by atoms with van der Waals surface area (Å²) in [6.45, 7) is 2.66. The lowest BCUT2D eigenvalue weighted by molar-refractivity contribution is -0.333. The van der Waals surface area contributed by atoms with Crippen molar-refractivity contribution in [3.63, 3.8) is 0 Å². The Kier molecular flexibility index (Phi) is 5.12. The second-order valence-electron chi connectivity index (χ2n) is 7.81. The van der Waals surface area contributed by atoms with Gasteiger partial charge in [-0.2, -0.15) is 22.0 Å². The fraction of sp³-hybridized carbons (Fsp3) is 0.261. The Morgan fingerprint density at radius 1 is 1.06 bits per heavy atom. The highest BCUT2D eigenvalue weighted by Crippen LogP contribution is 2.67. The van der Waals surface area contributed by atoms with Gasteiger partial charge in [0.2, 0.25) is 0 Å². The number of esters is 1. The van der Waals surface area contributed by atoms with Crippen LogP contribution < -0.4 is 0 Å². The molecule has 0 aliphatic heterocycles. The molecule has 0 fully saturated rings. The molecule has 0 radical (unpaired) electrons. The molecule has 1 aliphatic carbocycles. The second kappa shape index (κ2) is 7.28. The summed E-state index contributed by atoms with van der Waals surface area (Å²) in [7, 11) is 1.21. The number of benzene rings is 2. The van der Waals surface area contributed by atoms with E-state index in [1.54, 1.807) is 18.3 Å². The summed E-state index contributed by atoms with van der Waals surface area (Å²) in [4.78, 5) is 11.9. The Bertz CT molecular complexity index is 1300. The fourth-order valence-electron chi connectivity index (χ4n) is 4.33. The van der Waals surface area contributed by atoms with Gasteiger partial charge in [-0.15, -0.1) is 0 Å². The SMILES string of the molecule is COC(=O)c1cc(-c2ccn(-c3c(C)cc4c(c3C)C(F)(F)C4(F)C(F)(F)F)c2)ccc1Cl. The summed E-state index contributed by atoms with van der Waals surface area (Å²) < 4.78 is 89.2. The molecule has 4 rings (SSSR count). The maximum atomic E-state index is 14.5. The zero-order valence-electron chi connectivity index (χ0n) is 17.5. The summed E-state index contributed by atoms with van der Waals surface area (Å²) in [5, 5.41) is 0.181. The Morgan fingerprint density at radius 3 is 2.33 bits per heavy atom. The fourth-order valence-corrected chi connectivity index (χ4v) is 4.53. The number of methoxy groups -OCH3 is 1. The first-order valence-electron chi connectivity index (χ1n) is 9.61. The molecule has 1 unspecified atom stereocenters. The molecule has 0 saturated heterocycles. The van der Waals surface area contributed by atoms with Gasteiger partial charge in [-0.05, 0) is 60.4 Å².